The van der Waals surface area contributed by atoms with Gasteiger partial charge in [-0.1, -0.05) is 26.8 Å². The Balaban J connectivity index is 2.46. The largest absolute Gasteiger partial charge is 0.381 e. The molecule has 3 heteroatoms. The molecule has 3 atom stereocenters. The van der Waals surface area contributed by atoms with Crippen molar-refractivity contribution in [3.8, 4) is 6.07 Å². The van der Waals surface area contributed by atoms with Gasteiger partial charge in [0.2, 0.25) is 0 Å². The lowest BCUT2D eigenvalue weighted by Gasteiger charge is -2.51. The molecule has 98 valence electrons. The summed E-state index contributed by atoms with van der Waals surface area (Å²) < 4.78 is 5.47. The summed E-state index contributed by atoms with van der Waals surface area (Å²) in [6, 6.07) is 2.07. The van der Waals surface area contributed by atoms with E-state index in [1.54, 1.807) is 7.11 Å². The van der Waals surface area contributed by atoms with Gasteiger partial charge in [-0.3, -0.25) is 4.79 Å². The van der Waals surface area contributed by atoms with E-state index in [-0.39, 0.29) is 17.3 Å². The van der Waals surface area contributed by atoms with Crippen molar-refractivity contribution in [3.05, 3.63) is 11.6 Å². The van der Waals surface area contributed by atoms with Crippen LogP contribution in [0.3, 0.4) is 0 Å². The Morgan fingerprint density at radius 1 is 1.39 bits per heavy atom. The second-order valence-corrected chi connectivity index (χ2v) is 6.42. The molecule has 2 aliphatic carbocycles. The van der Waals surface area contributed by atoms with Crippen molar-refractivity contribution >= 4 is 5.78 Å². The zero-order valence-corrected chi connectivity index (χ0v) is 11.6. The highest BCUT2D eigenvalue weighted by Crippen LogP contribution is 2.55. The third-order valence-electron chi connectivity index (χ3n) is 4.87. The number of fused-ring (bicyclic) bond motifs is 1. The number of ketones is 1. The van der Waals surface area contributed by atoms with E-state index in [1.807, 2.05) is 19.9 Å². The predicted molar refractivity (Wildman–Crippen MR) is 68.7 cm³/mol. The van der Waals surface area contributed by atoms with Crippen LogP contribution in [-0.2, 0) is 9.53 Å². The van der Waals surface area contributed by atoms with Crippen molar-refractivity contribution in [2.24, 2.45) is 16.7 Å². The van der Waals surface area contributed by atoms with Crippen molar-refractivity contribution in [1.29, 1.82) is 5.26 Å². The van der Waals surface area contributed by atoms with Crippen molar-refractivity contribution < 1.29 is 9.53 Å². The van der Waals surface area contributed by atoms with Crippen molar-refractivity contribution in [2.75, 3.05) is 7.11 Å². The summed E-state index contributed by atoms with van der Waals surface area (Å²) in [4.78, 5) is 12.3. The Bertz CT molecular complexity index is 444. The topological polar surface area (TPSA) is 50.1 Å². The highest BCUT2D eigenvalue weighted by atomic mass is 16.5. The Hall–Kier alpha value is -1.14. The van der Waals surface area contributed by atoms with Gasteiger partial charge in [0.25, 0.3) is 0 Å². The predicted octanol–water partition coefficient (Wildman–Crippen LogP) is 2.87. The number of methoxy groups -OCH3 is 1. The number of Topliss-reactive ketones (excluding diaryl/α,β-unsaturated/α-hetero) is 1. The molecule has 0 radical (unpaired) electrons. The lowest BCUT2D eigenvalue weighted by molar-refractivity contribution is -0.133. The van der Waals surface area contributed by atoms with E-state index >= 15 is 0 Å². The summed E-state index contributed by atoms with van der Waals surface area (Å²) in [5.41, 5.74) is -0.204. The Morgan fingerprint density at radius 2 is 2.06 bits per heavy atom. The molecule has 18 heavy (non-hydrogen) atoms. The molecular weight excluding hydrogens is 226 g/mol. The molecule has 0 unspecified atom stereocenters. The molecule has 0 bridgehead atoms. The number of carbonyl (C=O) groups is 1. The highest BCUT2D eigenvalue weighted by Gasteiger charge is 2.53. The molecule has 1 saturated carbocycles. The van der Waals surface area contributed by atoms with Crippen LogP contribution >= 0.6 is 0 Å². The normalized spacial score (nSPS) is 38.6. The van der Waals surface area contributed by atoms with Crippen LogP contribution in [0, 0.1) is 28.1 Å². The van der Waals surface area contributed by atoms with E-state index in [1.165, 1.54) is 0 Å². The fourth-order valence-corrected chi connectivity index (χ4v) is 3.95. The third-order valence-corrected chi connectivity index (χ3v) is 4.87. The maximum absolute atomic E-state index is 12.3. The fraction of sp³-hybridized carbons (Fsp3) is 0.733. The van der Waals surface area contributed by atoms with E-state index in [0.717, 1.165) is 19.3 Å². The van der Waals surface area contributed by atoms with Crippen molar-refractivity contribution in [3.63, 3.8) is 0 Å². The third kappa shape index (κ3) is 1.80. The summed E-state index contributed by atoms with van der Waals surface area (Å²) >= 11 is 0. The summed E-state index contributed by atoms with van der Waals surface area (Å²) in [5.74, 6) is 0.310. The minimum Gasteiger partial charge on any atom is -0.381 e. The van der Waals surface area contributed by atoms with Gasteiger partial charge in [-0.2, -0.15) is 5.26 Å². The molecule has 0 amide bonds. The molecule has 0 saturated heterocycles. The molecule has 0 heterocycles. The first-order chi connectivity index (χ1) is 8.35. The smallest absolute Gasteiger partial charge is 0.178 e. The van der Waals surface area contributed by atoms with Crippen LogP contribution in [0.15, 0.2) is 11.6 Å². The maximum atomic E-state index is 12.3. The van der Waals surface area contributed by atoms with E-state index in [9.17, 15) is 4.79 Å². The van der Waals surface area contributed by atoms with E-state index in [2.05, 4.69) is 13.0 Å². The number of hydrogen-bond acceptors (Lipinski definition) is 3. The first-order valence-electron chi connectivity index (χ1n) is 6.55. The number of hydrogen-bond donors (Lipinski definition) is 0. The van der Waals surface area contributed by atoms with Gasteiger partial charge in [-0.05, 0) is 30.6 Å². The lowest BCUT2D eigenvalue weighted by atomic mass is 9.52. The Morgan fingerprint density at radius 3 is 2.61 bits per heavy atom. The summed E-state index contributed by atoms with van der Waals surface area (Å²) in [7, 11) is 1.74. The maximum Gasteiger partial charge on any atom is 0.178 e. The first-order valence-corrected chi connectivity index (χ1v) is 6.55. The zero-order valence-electron chi connectivity index (χ0n) is 11.6. The summed E-state index contributed by atoms with van der Waals surface area (Å²) in [6.45, 7) is 6.12. The zero-order chi connectivity index (χ0) is 13.6. The van der Waals surface area contributed by atoms with Gasteiger partial charge >= 0.3 is 0 Å². The molecule has 0 aliphatic heterocycles. The molecule has 0 aromatic carbocycles. The quantitative estimate of drug-likeness (QED) is 0.716. The first kappa shape index (κ1) is 13.3. The summed E-state index contributed by atoms with van der Waals surface area (Å²) in [6.07, 6.45) is 5.03. The van der Waals surface area contributed by atoms with Gasteiger partial charge in [-0.25, -0.2) is 0 Å². The Kier molecular flexibility index (Phi) is 3.11. The number of ether oxygens (including phenoxy) is 1. The van der Waals surface area contributed by atoms with Crippen molar-refractivity contribution in [1.82, 2.24) is 0 Å². The highest BCUT2D eigenvalue weighted by molar-refractivity contribution is 6.04. The molecule has 0 N–H and O–H groups in total. The number of carbonyl (C=O) groups excluding carboxylic acids is 1. The number of nitriles is 1. The molecule has 0 spiro atoms. The van der Waals surface area contributed by atoms with Crippen LogP contribution in [0.5, 0.6) is 0 Å². The van der Waals surface area contributed by atoms with Crippen LogP contribution in [0.1, 0.15) is 40.0 Å². The van der Waals surface area contributed by atoms with Crippen LogP contribution < -0.4 is 0 Å². The van der Waals surface area contributed by atoms with Crippen LogP contribution in [-0.4, -0.2) is 19.0 Å². The van der Waals surface area contributed by atoms with Gasteiger partial charge in [0.15, 0.2) is 5.78 Å². The van der Waals surface area contributed by atoms with Crippen LogP contribution in [0.4, 0.5) is 0 Å². The Labute approximate surface area is 109 Å². The standard InChI is InChI=1S/C15H21NO2/c1-14(2)12-6-5-11(18-4)8-15(12,3)7-10(9-16)13(14)17/h7,11-12H,5-6,8H2,1-4H3/t11-,12-,15+/m0/s1. The second kappa shape index (κ2) is 4.20. The van der Waals surface area contributed by atoms with Crippen LogP contribution in [0.2, 0.25) is 0 Å². The lowest BCUT2D eigenvalue weighted by Crippen LogP contribution is -2.50. The van der Waals surface area contributed by atoms with Gasteiger partial charge in [-0.15, -0.1) is 0 Å². The van der Waals surface area contributed by atoms with Gasteiger partial charge in [0, 0.05) is 12.5 Å². The monoisotopic (exact) mass is 247 g/mol. The number of allylic oxidation sites excluding steroid dienone is 2. The molecule has 2 aliphatic rings. The SMILES string of the molecule is CO[C@H]1CC[C@H]2C(C)(C)C(=O)C(C#N)=C[C@]2(C)C1. The summed E-state index contributed by atoms with van der Waals surface area (Å²) in [5, 5.41) is 9.15. The average Bonchev–Trinajstić information content (AvgIpc) is 2.33. The van der Waals surface area contributed by atoms with Gasteiger partial charge in [0.05, 0.1) is 11.7 Å². The molecule has 0 aromatic heterocycles. The minimum absolute atomic E-state index is 0.00309. The fourth-order valence-electron chi connectivity index (χ4n) is 3.95. The van der Waals surface area contributed by atoms with Crippen LogP contribution in [0.25, 0.3) is 0 Å². The molecular formula is C15H21NO2. The van der Waals surface area contributed by atoms with E-state index < -0.39 is 5.41 Å². The van der Waals surface area contributed by atoms with E-state index in [4.69, 9.17) is 10.00 Å². The van der Waals surface area contributed by atoms with Crippen molar-refractivity contribution in [2.45, 2.75) is 46.1 Å². The molecule has 3 nitrogen and oxygen atoms in total. The van der Waals surface area contributed by atoms with E-state index in [0.29, 0.717) is 11.5 Å². The van der Waals surface area contributed by atoms with Gasteiger partial charge in [0.1, 0.15) is 6.07 Å². The number of rotatable bonds is 1. The molecule has 1 fully saturated rings. The molecule has 2 rings (SSSR count). The number of nitrogens with zero attached hydrogens (tertiary/aromatic N) is 1. The average molecular weight is 247 g/mol. The second-order valence-electron chi connectivity index (χ2n) is 6.42. The minimum atomic E-state index is -0.437. The van der Waals surface area contributed by atoms with Gasteiger partial charge < -0.3 is 4.74 Å². The molecule has 0 aromatic rings.